The Morgan fingerprint density at radius 2 is 1.19 bits per heavy atom. The average Bonchev–Trinajstić information content (AvgIpc) is 3.30. The number of benzene rings is 2. The van der Waals surface area contributed by atoms with Gasteiger partial charge >= 0.3 is 0 Å². The number of hydrogen-bond acceptors (Lipinski definition) is 1. The Morgan fingerprint density at radius 1 is 0.704 bits per heavy atom. The molecule has 1 aliphatic rings. The third-order valence-corrected chi connectivity index (χ3v) is 5.38. The molecule has 2 aromatic heterocycles. The van der Waals surface area contributed by atoms with E-state index in [0.29, 0.717) is 0 Å². The molecule has 132 valence electrons. The summed E-state index contributed by atoms with van der Waals surface area (Å²) in [6.45, 7) is 0. The van der Waals surface area contributed by atoms with Crippen LogP contribution in [0.2, 0.25) is 0 Å². The van der Waals surface area contributed by atoms with Crippen molar-refractivity contribution in [2.45, 2.75) is 19.3 Å². The molecule has 2 aromatic carbocycles. The molecule has 2 heterocycles. The predicted octanol–water partition coefficient (Wildman–Crippen LogP) is 5.87. The number of carbonyl (C=O) groups excluding carboxylic acids is 1. The second-order valence-electron chi connectivity index (χ2n) is 7.10. The molecule has 0 radical (unpaired) electrons. The van der Waals surface area contributed by atoms with Gasteiger partial charge in [-0.25, -0.2) is 0 Å². The van der Waals surface area contributed by atoms with E-state index >= 15 is 0 Å². The van der Waals surface area contributed by atoms with Gasteiger partial charge in [0.25, 0.3) is 0 Å². The Bertz CT molecular complexity index is 1130. The number of fused-ring (bicyclic) bond motifs is 2. The van der Waals surface area contributed by atoms with Crippen LogP contribution in [0.1, 0.15) is 30.4 Å². The molecule has 1 aliphatic carbocycles. The third kappa shape index (κ3) is 2.81. The number of aromatic amines is 2. The van der Waals surface area contributed by atoms with Gasteiger partial charge in [-0.15, -0.1) is 0 Å². The second kappa shape index (κ2) is 6.44. The number of ketones is 1. The first kappa shape index (κ1) is 15.9. The Balaban J connectivity index is 1.52. The summed E-state index contributed by atoms with van der Waals surface area (Å²) in [6, 6.07) is 16.4. The molecule has 4 aromatic rings. The molecule has 0 aliphatic heterocycles. The van der Waals surface area contributed by atoms with Crippen LogP contribution in [0.3, 0.4) is 0 Å². The molecule has 27 heavy (non-hydrogen) atoms. The molecule has 5 rings (SSSR count). The summed E-state index contributed by atoms with van der Waals surface area (Å²) in [5.74, 6) is 0.178. The van der Waals surface area contributed by atoms with Crippen molar-refractivity contribution in [3.05, 3.63) is 83.2 Å². The lowest BCUT2D eigenvalue weighted by Gasteiger charge is -2.16. The number of aromatic nitrogens is 2. The molecule has 0 bridgehead atoms. The highest BCUT2D eigenvalue weighted by Gasteiger charge is 2.21. The molecular weight excluding hydrogens is 332 g/mol. The number of para-hydroxylation sites is 2. The van der Waals surface area contributed by atoms with Crippen molar-refractivity contribution in [3.63, 3.8) is 0 Å². The largest absolute Gasteiger partial charge is 0.361 e. The fraction of sp³-hybridized carbons (Fsp3) is 0.125. The van der Waals surface area contributed by atoms with Crippen molar-refractivity contribution < 1.29 is 4.79 Å². The number of allylic oxidation sites excluding steroid dienone is 2. The van der Waals surface area contributed by atoms with Gasteiger partial charge in [-0.1, -0.05) is 36.4 Å². The summed E-state index contributed by atoms with van der Waals surface area (Å²) >= 11 is 0. The second-order valence-corrected chi connectivity index (χ2v) is 7.10. The predicted molar refractivity (Wildman–Crippen MR) is 111 cm³/mol. The van der Waals surface area contributed by atoms with Gasteiger partial charge in [0.2, 0.25) is 0 Å². The fourth-order valence-corrected chi connectivity index (χ4v) is 3.98. The topological polar surface area (TPSA) is 48.6 Å². The Kier molecular flexibility index (Phi) is 3.79. The molecule has 0 spiro atoms. The van der Waals surface area contributed by atoms with Crippen LogP contribution in [0.25, 0.3) is 34.0 Å². The lowest BCUT2D eigenvalue weighted by Crippen LogP contribution is -2.12. The highest BCUT2D eigenvalue weighted by atomic mass is 16.1. The number of rotatable bonds is 2. The maximum absolute atomic E-state index is 13.1. The number of H-pyrrole nitrogens is 2. The number of hydrogen-bond donors (Lipinski definition) is 2. The number of carbonyl (C=O) groups is 1. The van der Waals surface area contributed by atoms with Crippen molar-refractivity contribution in [2.24, 2.45) is 0 Å². The first-order valence-electron chi connectivity index (χ1n) is 9.38. The van der Waals surface area contributed by atoms with Crippen LogP contribution in [-0.2, 0) is 4.79 Å². The minimum absolute atomic E-state index is 0.178. The van der Waals surface area contributed by atoms with Gasteiger partial charge in [0.05, 0.1) is 0 Å². The zero-order valence-electron chi connectivity index (χ0n) is 15.0. The minimum atomic E-state index is 0.178. The van der Waals surface area contributed by atoms with Gasteiger partial charge in [0.15, 0.2) is 5.78 Å². The molecular formula is C24H20N2O. The van der Waals surface area contributed by atoms with Crippen LogP contribution in [0.15, 0.2) is 72.1 Å². The van der Waals surface area contributed by atoms with E-state index in [1.54, 1.807) is 0 Å². The van der Waals surface area contributed by atoms with E-state index < -0.39 is 0 Å². The zero-order valence-corrected chi connectivity index (χ0v) is 15.0. The maximum Gasteiger partial charge on any atom is 0.185 e. The van der Waals surface area contributed by atoms with Crippen molar-refractivity contribution in [1.29, 1.82) is 0 Å². The molecule has 1 saturated carbocycles. The summed E-state index contributed by atoms with van der Waals surface area (Å²) in [5, 5.41) is 2.32. The van der Waals surface area contributed by atoms with Gasteiger partial charge in [-0.05, 0) is 43.5 Å². The summed E-state index contributed by atoms with van der Waals surface area (Å²) in [5.41, 5.74) is 6.17. The summed E-state index contributed by atoms with van der Waals surface area (Å²) in [6.07, 6.45) is 10.8. The zero-order chi connectivity index (χ0) is 18.2. The smallest absolute Gasteiger partial charge is 0.185 e. The lowest BCUT2D eigenvalue weighted by molar-refractivity contribution is -0.112. The van der Waals surface area contributed by atoms with E-state index in [9.17, 15) is 4.79 Å². The minimum Gasteiger partial charge on any atom is -0.361 e. The van der Waals surface area contributed by atoms with Crippen molar-refractivity contribution >= 4 is 39.7 Å². The van der Waals surface area contributed by atoms with Gasteiger partial charge in [-0.2, -0.15) is 0 Å². The van der Waals surface area contributed by atoms with Crippen LogP contribution in [0.4, 0.5) is 0 Å². The SMILES string of the molecule is O=C1/C(=C\c2c[nH]c3ccccc23)CCC/C1=C\c1c[nH]c2ccccc12. The molecule has 1 fully saturated rings. The van der Waals surface area contributed by atoms with Crippen LogP contribution in [0, 0.1) is 0 Å². The Morgan fingerprint density at radius 3 is 1.70 bits per heavy atom. The molecule has 0 unspecified atom stereocenters. The normalized spacial score (nSPS) is 18.1. The molecule has 2 N–H and O–H groups in total. The first-order chi connectivity index (χ1) is 13.3. The van der Waals surface area contributed by atoms with E-state index in [0.717, 1.165) is 63.3 Å². The van der Waals surface area contributed by atoms with Gasteiger partial charge in [0, 0.05) is 56.5 Å². The molecule has 3 nitrogen and oxygen atoms in total. The van der Waals surface area contributed by atoms with Crippen molar-refractivity contribution in [1.82, 2.24) is 9.97 Å². The first-order valence-corrected chi connectivity index (χ1v) is 9.38. The van der Waals surface area contributed by atoms with E-state index in [1.165, 1.54) is 0 Å². The monoisotopic (exact) mass is 352 g/mol. The van der Waals surface area contributed by atoms with E-state index in [2.05, 4.69) is 46.4 Å². The summed E-state index contributed by atoms with van der Waals surface area (Å²) < 4.78 is 0. The van der Waals surface area contributed by atoms with Crippen LogP contribution >= 0.6 is 0 Å². The summed E-state index contributed by atoms with van der Waals surface area (Å²) in [7, 11) is 0. The average molecular weight is 352 g/mol. The van der Waals surface area contributed by atoms with Gasteiger partial charge in [0.1, 0.15) is 0 Å². The van der Waals surface area contributed by atoms with Crippen molar-refractivity contribution in [3.8, 4) is 0 Å². The quantitative estimate of drug-likeness (QED) is 0.436. The number of Topliss-reactive ketones (excluding diaryl/α,β-unsaturated/α-hetero) is 1. The third-order valence-electron chi connectivity index (χ3n) is 5.38. The van der Waals surface area contributed by atoms with Gasteiger partial charge in [-0.3, -0.25) is 4.79 Å². The van der Waals surface area contributed by atoms with E-state index in [-0.39, 0.29) is 5.78 Å². The van der Waals surface area contributed by atoms with E-state index in [4.69, 9.17) is 0 Å². The fourth-order valence-electron chi connectivity index (χ4n) is 3.98. The number of nitrogens with one attached hydrogen (secondary N) is 2. The van der Waals surface area contributed by atoms with Crippen LogP contribution < -0.4 is 0 Å². The lowest BCUT2D eigenvalue weighted by atomic mass is 9.87. The van der Waals surface area contributed by atoms with Crippen LogP contribution in [0.5, 0.6) is 0 Å². The maximum atomic E-state index is 13.1. The van der Waals surface area contributed by atoms with Gasteiger partial charge < -0.3 is 9.97 Å². The molecule has 0 atom stereocenters. The Labute approximate surface area is 157 Å². The molecule has 0 saturated heterocycles. The highest BCUT2D eigenvalue weighted by Crippen LogP contribution is 2.31. The van der Waals surface area contributed by atoms with E-state index in [1.807, 2.05) is 36.7 Å². The molecule has 3 heteroatoms. The molecule has 0 amide bonds. The standard InChI is InChI=1S/C24H20N2O/c27-24-16(12-18-14-25-22-10-3-1-8-20(18)22)6-5-7-17(24)13-19-15-26-23-11-4-2-9-21(19)23/h1-4,8-15,25-26H,5-7H2/b16-12-,17-13+. The highest BCUT2D eigenvalue weighted by molar-refractivity contribution is 6.15. The summed E-state index contributed by atoms with van der Waals surface area (Å²) in [4.78, 5) is 19.7. The Hall–Kier alpha value is -3.33. The van der Waals surface area contributed by atoms with Crippen LogP contribution in [-0.4, -0.2) is 15.8 Å². The van der Waals surface area contributed by atoms with Crippen molar-refractivity contribution in [2.75, 3.05) is 0 Å².